The zero-order valence-electron chi connectivity index (χ0n) is 17.7. The maximum atomic E-state index is 12.5. The predicted molar refractivity (Wildman–Crippen MR) is 124 cm³/mol. The molecule has 0 aliphatic carbocycles. The number of para-hydroxylation sites is 1. The van der Waals surface area contributed by atoms with Crippen LogP contribution in [0.25, 0.3) is 0 Å². The maximum absolute atomic E-state index is 12.5. The number of benzene rings is 3. The van der Waals surface area contributed by atoms with Crippen LogP contribution in [0.3, 0.4) is 0 Å². The number of carbonyl (C=O) groups excluding carboxylic acids is 1. The van der Waals surface area contributed by atoms with E-state index in [1.807, 2.05) is 104 Å². The Bertz CT molecular complexity index is 1050. The van der Waals surface area contributed by atoms with Crippen LogP contribution in [0.15, 0.2) is 96.3 Å². The fourth-order valence-electron chi connectivity index (χ4n) is 3.42. The van der Waals surface area contributed by atoms with Crippen molar-refractivity contribution in [1.29, 1.82) is 0 Å². The SMILES string of the molecule is CC1=C(NC(=O)Nc2ccc(OCc3ccccc3)cc2)CN(c2ccccc2)N1C. The summed E-state index contributed by atoms with van der Waals surface area (Å²) in [4.78, 5) is 12.5. The molecule has 0 aromatic heterocycles. The number of hydrogen-bond donors (Lipinski definition) is 2. The molecule has 6 heteroatoms. The molecule has 2 amide bonds. The summed E-state index contributed by atoms with van der Waals surface area (Å²) in [6.45, 7) is 3.11. The second kappa shape index (κ2) is 9.26. The van der Waals surface area contributed by atoms with Gasteiger partial charge >= 0.3 is 6.03 Å². The van der Waals surface area contributed by atoms with Gasteiger partial charge in [0.25, 0.3) is 0 Å². The Morgan fingerprint density at radius 3 is 2.23 bits per heavy atom. The van der Waals surface area contributed by atoms with E-state index in [9.17, 15) is 4.79 Å². The van der Waals surface area contributed by atoms with Crippen molar-refractivity contribution in [2.75, 3.05) is 23.9 Å². The Labute approximate surface area is 182 Å². The zero-order valence-corrected chi connectivity index (χ0v) is 17.7. The van der Waals surface area contributed by atoms with E-state index in [1.54, 1.807) is 0 Å². The van der Waals surface area contributed by atoms with Crippen molar-refractivity contribution in [2.45, 2.75) is 13.5 Å². The molecule has 0 radical (unpaired) electrons. The Morgan fingerprint density at radius 2 is 1.55 bits per heavy atom. The molecule has 31 heavy (non-hydrogen) atoms. The van der Waals surface area contributed by atoms with Gasteiger partial charge < -0.3 is 15.4 Å². The molecule has 6 nitrogen and oxygen atoms in total. The van der Waals surface area contributed by atoms with Crippen LogP contribution < -0.4 is 20.4 Å². The van der Waals surface area contributed by atoms with Crippen LogP contribution in [-0.2, 0) is 6.61 Å². The molecular weight excluding hydrogens is 388 g/mol. The molecule has 4 rings (SSSR count). The summed E-state index contributed by atoms with van der Waals surface area (Å²) in [7, 11) is 1.99. The Hall–Kier alpha value is -3.93. The van der Waals surface area contributed by atoms with Crippen LogP contribution in [0, 0.1) is 0 Å². The lowest BCUT2D eigenvalue weighted by atomic mass is 10.2. The van der Waals surface area contributed by atoms with Crippen molar-refractivity contribution >= 4 is 17.4 Å². The first-order valence-corrected chi connectivity index (χ1v) is 10.2. The molecular formula is C25H26N4O2. The first-order chi connectivity index (χ1) is 15.1. The van der Waals surface area contributed by atoms with Crippen LogP contribution in [-0.4, -0.2) is 24.6 Å². The third-order valence-corrected chi connectivity index (χ3v) is 5.27. The quantitative estimate of drug-likeness (QED) is 0.597. The van der Waals surface area contributed by atoms with E-state index < -0.39 is 0 Å². The number of hydrazine groups is 1. The number of anilines is 2. The van der Waals surface area contributed by atoms with Crippen LogP contribution in [0.5, 0.6) is 5.75 Å². The number of rotatable bonds is 6. The molecule has 0 unspecified atom stereocenters. The second-order valence-electron chi connectivity index (χ2n) is 7.36. The first-order valence-electron chi connectivity index (χ1n) is 10.2. The number of allylic oxidation sites excluding steroid dienone is 1. The second-order valence-corrected chi connectivity index (χ2v) is 7.36. The van der Waals surface area contributed by atoms with E-state index in [-0.39, 0.29) is 6.03 Å². The Balaban J connectivity index is 1.31. The number of nitrogens with one attached hydrogen (secondary N) is 2. The smallest absolute Gasteiger partial charge is 0.323 e. The van der Waals surface area contributed by atoms with E-state index in [0.717, 1.165) is 28.4 Å². The molecule has 0 saturated heterocycles. The average Bonchev–Trinajstić information content (AvgIpc) is 3.08. The van der Waals surface area contributed by atoms with Crippen molar-refractivity contribution in [3.63, 3.8) is 0 Å². The largest absolute Gasteiger partial charge is 0.489 e. The number of nitrogens with zero attached hydrogens (tertiary/aromatic N) is 2. The van der Waals surface area contributed by atoms with Crippen molar-refractivity contribution in [3.05, 3.63) is 102 Å². The summed E-state index contributed by atoms with van der Waals surface area (Å²) < 4.78 is 5.79. The number of hydrogen-bond acceptors (Lipinski definition) is 4. The number of carbonyl (C=O) groups is 1. The zero-order chi connectivity index (χ0) is 21.6. The van der Waals surface area contributed by atoms with Gasteiger partial charge in [0.15, 0.2) is 0 Å². The van der Waals surface area contributed by atoms with Crippen molar-refractivity contribution in [3.8, 4) is 5.75 Å². The van der Waals surface area contributed by atoms with E-state index in [1.165, 1.54) is 0 Å². The highest BCUT2D eigenvalue weighted by Gasteiger charge is 2.25. The minimum Gasteiger partial charge on any atom is -0.489 e. The molecule has 1 aliphatic rings. The minimum absolute atomic E-state index is 0.268. The Morgan fingerprint density at radius 1 is 0.903 bits per heavy atom. The molecule has 3 aromatic rings. The molecule has 158 valence electrons. The summed E-state index contributed by atoms with van der Waals surface area (Å²) in [5.74, 6) is 0.754. The van der Waals surface area contributed by atoms with Crippen molar-refractivity contribution < 1.29 is 9.53 Å². The van der Waals surface area contributed by atoms with Crippen molar-refractivity contribution in [2.24, 2.45) is 0 Å². The van der Waals surface area contributed by atoms with Gasteiger partial charge in [-0.1, -0.05) is 48.5 Å². The van der Waals surface area contributed by atoms with Crippen LogP contribution in [0.4, 0.5) is 16.2 Å². The molecule has 1 heterocycles. The molecule has 0 spiro atoms. The molecule has 2 N–H and O–H groups in total. The van der Waals surface area contributed by atoms with Gasteiger partial charge in [0.05, 0.1) is 23.6 Å². The van der Waals surface area contributed by atoms with Crippen LogP contribution in [0.1, 0.15) is 12.5 Å². The number of amides is 2. The molecule has 3 aromatic carbocycles. The highest BCUT2D eigenvalue weighted by Crippen LogP contribution is 2.26. The lowest BCUT2D eigenvalue weighted by molar-refractivity contribution is 0.254. The van der Waals surface area contributed by atoms with E-state index in [0.29, 0.717) is 18.8 Å². The van der Waals surface area contributed by atoms with Gasteiger partial charge in [-0.25, -0.2) is 4.79 Å². The Kier molecular flexibility index (Phi) is 6.08. The van der Waals surface area contributed by atoms with Gasteiger partial charge in [0, 0.05) is 12.7 Å². The standard InChI is InChI=1S/C25H26N4O2/c1-19-24(17-29(28(19)2)22-11-7-4-8-12-22)27-25(30)26-21-13-15-23(16-14-21)31-18-20-9-5-3-6-10-20/h3-16H,17-18H2,1-2H3,(H2,26,27,30). The minimum atomic E-state index is -0.268. The monoisotopic (exact) mass is 414 g/mol. The topological polar surface area (TPSA) is 56.8 Å². The normalized spacial score (nSPS) is 13.4. The van der Waals surface area contributed by atoms with Gasteiger partial charge in [-0.15, -0.1) is 0 Å². The van der Waals surface area contributed by atoms with Crippen LogP contribution in [0.2, 0.25) is 0 Å². The van der Waals surface area contributed by atoms with Gasteiger partial charge in [-0.2, -0.15) is 0 Å². The van der Waals surface area contributed by atoms with Crippen LogP contribution >= 0.6 is 0 Å². The van der Waals surface area contributed by atoms with E-state index >= 15 is 0 Å². The number of urea groups is 1. The summed E-state index contributed by atoms with van der Waals surface area (Å²) in [6, 6.07) is 27.2. The molecule has 0 fully saturated rings. The first kappa shape index (κ1) is 20.3. The lowest BCUT2D eigenvalue weighted by Gasteiger charge is -2.29. The molecule has 0 saturated carbocycles. The third-order valence-electron chi connectivity index (χ3n) is 5.27. The molecule has 0 bridgehead atoms. The van der Waals surface area contributed by atoms with E-state index in [4.69, 9.17) is 4.74 Å². The fraction of sp³-hybridized carbons (Fsp3) is 0.160. The van der Waals surface area contributed by atoms with Crippen molar-refractivity contribution in [1.82, 2.24) is 10.3 Å². The highest BCUT2D eigenvalue weighted by molar-refractivity contribution is 5.90. The van der Waals surface area contributed by atoms with Gasteiger partial charge in [-0.05, 0) is 48.9 Å². The summed E-state index contributed by atoms with van der Waals surface area (Å²) >= 11 is 0. The summed E-state index contributed by atoms with van der Waals surface area (Å²) in [6.07, 6.45) is 0. The highest BCUT2D eigenvalue weighted by atomic mass is 16.5. The van der Waals surface area contributed by atoms with Gasteiger partial charge in [0.1, 0.15) is 12.4 Å². The predicted octanol–water partition coefficient (Wildman–Crippen LogP) is 4.99. The third kappa shape index (κ3) is 4.98. The molecule has 0 atom stereocenters. The fourth-order valence-corrected chi connectivity index (χ4v) is 3.42. The lowest BCUT2D eigenvalue weighted by Crippen LogP contribution is -2.35. The maximum Gasteiger partial charge on any atom is 0.323 e. The van der Waals surface area contributed by atoms with Gasteiger partial charge in [0.2, 0.25) is 0 Å². The molecule has 1 aliphatic heterocycles. The number of ether oxygens (including phenoxy) is 1. The van der Waals surface area contributed by atoms with E-state index in [2.05, 4.69) is 15.6 Å². The average molecular weight is 415 g/mol. The summed E-state index contributed by atoms with van der Waals surface area (Å²) in [5, 5.41) is 10.0. The summed E-state index contributed by atoms with van der Waals surface area (Å²) in [5.41, 5.74) is 4.76. The van der Waals surface area contributed by atoms with Gasteiger partial charge in [-0.3, -0.25) is 10.0 Å².